The third-order valence-corrected chi connectivity index (χ3v) is 4.31. The fourth-order valence-corrected chi connectivity index (χ4v) is 2.87. The van der Waals surface area contributed by atoms with Gasteiger partial charge in [-0.2, -0.15) is 0 Å². The lowest BCUT2D eigenvalue weighted by Gasteiger charge is -2.16. The smallest absolute Gasteiger partial charge is 0.257 e. The summed E-state index contributed by atoms with van der Waals surface area (Å²) in [4.78, 5) is 37.7. The first-order valence-electron chi connectivity index (χ1n) is 8.66. The van der Waals surface area contributed by atoms with E-state index in [0.29, 0.717) is 18.0 Å². The highest BCUT2D eigenvalue weighted by atomic mass is 16.5. The molecule has 3 amide bonds. The molecule has 0 saturated carbocycles. The molecule has 2 aromatic rings. The molecule has 0 bridgehead atoms. The van der Waals surface area contributed by atoms with E-state index in [1.165, 1.54) is 7.05 Å². The van der Waals surface area contributed by atoms with Crippen molar-refractivity contribution in [2.24, 2.45) is 5.92 Å². The molecule has 1 aliphatic heterocycles. The molecule has 1 atom stereocenters. The highest BCUT2D eigenvalue weighted by molar-refractivity contribution is 6.03. The molecule has 1 aliphatic rings. The van der Waals surface area contributed by atoms with E-state index in [4.69, 9.17) is 4.74 Å². The van der Waals surface area contributed by atoms with Gasteiger partial charge in [-0.05, 0) is 24.3 Å². The monoisotopic (exact) mass is 367 g/mol. The maximum absolute atomic E-state index is 12.6. The Kier molecular flexibility index (Phi) is 5.71. The molecular weight excluding hydrogens is 346 g/mol. The van der Waals surface area contributed by atoms with Crippen molar-refractivity contribution < 1.29 is 19.1 Å². The number of hydrogen-bond acceptors (Lipinski definition) is 4. The van der Waals surface area contributed by atoms with Crippen LogP contribution < -0.4 is 20.3 Å². The lowest BCUT2D eigenvalue weighted by molar-refractivity contribution is -0.122. The molecule has 7 nitrogen and oxygen atoms in total. The second-order valence-corrected chi connectivity index (χ2v) is 6.22. The Morgan fingerprint density at radius 2 is 1.93 bits per heavy atom. The minimum absolute atomic E-state index is 0.0657. The van der Waals surface area contributed by atoms with Crippen molar-refractivity contribution in [2.45, 2.75) is 6.42 Å². The molecule has 2 aromatic carbocycles. The molecule has 27 heavy (non-hydrogen) atoms. The Hall–Kier alpha value is -3.35. The molecule has 140 valence electrons. The van der Waals surface area contributed by atoms with Crippen LogP contribution in [0.3, 0.4) is 0 Å². The number of nitrogens with zero attached hydrogens (tertiary/aromatic N) is 1. The van der Waals surface area contributed by atoms with Gasteiger partial charge in [0, 0.05) is 37.5 Å². The topological polar surface area (TPSA) is 87.7 Å². The van der Waals surface area contributed by atoms with E-state index < -0.39 is 5.92 Å². The quantitative estimate of drug-likeness (QED) is 0.815. The van der Waals surface area contributed by atoms with Crippen LogP contribution in [0.2, 0.25) is 0 Å². The van der Waals surface area contributed by atoms with Crippen LogP contribution >= 0.6 is 0 Å². The van der Waals surface area contributed by atoms with E-state index in [1.807, 2.05) is 30.3 Å². The number of amides is 3. The predicted octanol–water partition coefficient (Wildman–Crippen LogP) is 1.80. The number of anilines is 2. The predicted molar refractivity (Wildman–Crippen MR) is 102 cm³/mol. The SMILES string of the molecule is CNC(=O)COc1cccc(NC(=O)C2CC(=O)N(c3ccccc3)C2)c1. The van der Waals surface area contributed by atoms with E-state index in [-0.39, 0.29) is 30.7 Å². The summed E-state index contributed by atoms with van der Waals surface area (Å²) < 4.78 is 5.37. The standard InChI is InChI=1S/C20H21N3O4/c1-21-18(24)13-27-17-9-5-6-15(11-17)22-20(26)14-10-19(25)23(12-14)16-7-3-2-4-8-16/h2-9,11,14H,10,12-13H2,1H3,(H,21,24)(H,22,26). The van der Waals surface area contributed by atoms with Crippen molar-refractivity contribution in [3.63, 3.8) is 0 Å². The van der Waals surface area contributed by atoms with E-state index in [0.717, 1.165) is 5.69 Å². The number of ether oxygens (including phenoxy) is 1. The summed E-state index contributed by atoms with van der Waals surface area (Å²) in [5.74, 6) is -0.470. The van der Waals surface area contributed by atoms with Gasteiger partial charge in [-0.1, -0.05) is 24.3 Å². The van der Waals surface area contributed by atoms with Crippen molar-refractivity contribution in [3.8, 4) is 5.75 Å². The van der Waals surface area contributed by atoms with Gasteiger partial charge in [0.2, 0.25) is 11.8 Å². The largest absolute Gasteiger partial charge is 0.484 e. The minimum Gasteiger partial charge on any atom is -0.484 e. The summed E-state index contributed by atoms with van der Waals surface area (Å²) in [5.41, 5.74) is 1.35. The van der Waals surface area contributed by atoms with Crippen molar-refractivity contribution in [2.75, 3.05) is 30.4 Å². The van der Waals surface area contributed by atoms with E-state index >= 15 is 0 Å². The average Bonchev–Trinajstić information content (AvgIpc) is 3.09. The number of carbonyl (C=O) groups is 3. The van der Waals surface area contributed by atoms with Crippen LogP contribution in [0.4, 0.5) is 11.4 Å². The lowest BCUT2D eigenvalue weighted by Crippen LogP contribution is -2.28. The van der Waals surface area contributed by atoms with Crippen LogP contribution in [0.5, 0.6) is 5.75 Å². The summed E-state index contributed by atoms with van der Waals surface area (Å²) in [6.07, 6.45) is 0.174. The van der Waals surface area contributed by atoms with Gasteiger partial charge in [0.25, 0.3) is 5.91 Å². The van der Waals surface area contributed by atoms with Crippen molar-refractivity contribution >= 4 is 29.1 Å². The van der Waals surface area contributed by atoms with Crippen LogP contribution in [0.25, 0.3) is 0 Å². The molecule has 1 saturated heterocycles. The number of para-hydroxylation sites is 1. The Morgan fingerprint density at radius 1 is 1.15 bits per heavy atom. The number of hydrogen-bond donors (Lipinski definition) is 2. The van der Waals surface area contributed by atoms with Gasteiger partial charge in [0.1, 0.15) is 5.75 Å². The van der Waals surface area contributed by atoms with Gasteiger partial charge in [0.05, 0.1) is 5.92 Å². The average molecular weight is 367 g/mol. The Morgan fingerprint density at radius 3 is 2.67 bits per heavy atom. The van der Waals surface area contributed by atoms with Crippen LogP contribution in [-0.2, 0) is 14.4 Å². The normalized spacial score (nSPS) is 16.1. The van der Waals surface area contributed by atoms with E-state index in [2.05, 4.69) is 10.6 Å². The van der Waals surface area contributed by atoms with E-state index in [9.17, 15) is 14.4 Å². The van der Waals surface area contributed by atoms with Gasteiger partial charge in [0.15, 0.2) is 6.61 Å². The summed E-state index contributed by atoms with van der Waals surface area (Å²) in [7, 11) is 1.53. The second-order valence-electron chi connectivity index (χ2n) is 6.22. The number of nitrogens with one attached hydrogen (secondary N) is 2. The number of likely N-dealkylation sites (N-methyl/N-ethyl adjacent to an activating group) is 1. The number of carbonyl (C=O) groups excluding carboxylic acids is 3. The zero-order valence-electron chi connectivity index (χ0n) is 15.0. The Balaban J connectivity index is 1.61. The van der Waals surface area contributed by atoms with Gasteiger partial charge in [-0.15, -0.1) is 0 Å². The first-order chi connectivity index (χ1) is 13.1. The first-order valence-corrected chi connectivity index (χ1v) is 8.66. The minimum atomic E-state index is -0.423. The number of benzene rings is 2. The molecule has 0 spiro atoms. The molecule has 0 aliphatic carbocycles. The molecule has 7 heteroatoms. The lowest BCUT2D eigenvalue weighted by atomic mass is 10.1. The van der Waals surface area contributed by atoms with Crippen LogP contribution in [0.1, 0.15) is 6.42 Å². The van der Waals surface area contributed by atoms with Gasteiger partial charge < -0.3 is 20.3 Å². The third-order valence-electron chi connectivity index (χ3n) is 4.31. The highest BCUT2D eigenvalue weighted by Gasteiger charge is 2.35. The molecule has 3 rings (SSSR count). The zero-order valence-corrected chi connectivity index (χ0v) is 15.0. The van der Waals surface area contributed by atoms with Crippen molar-refractivity contribution in [1.29, 1.82) is 0 Å². The Labute approximate surface area is 157 Å². The van der Waals surface area contributed by atoms with Crippen LogP contribution in [0, 0.1) is 5.92 Å². The van der Waals surface area contributed by atoms with Crippen LogP contribution in [-0.4, -0.2) is 37.9 Å². The fourth-order valence-electron chi connectivity index (χ4n) is 2.87. The molecule has 0 radical (unpaired) electrons. The zero-order chi connectivity index (χ0) is 19.2. The first kappa shape index (κ1) is 18.4. The molecule has 1 unspecified atom stereocenters. The second kappa shape index (κ2) is 8.35. The summed E-state index contributed by atoms with van der Waals surface area (Å²) in [6.45, 7) is 0.249. The summed E-state index contributed by atoms with van der Waals surface area (Å²) >= 11 is 0. The summed E-state index contributed by atoms with van der Waals surface area (Å²) in [6, 6.07) is 16.1. The molecule has 0 aromatic heterocycles. The van der Waals surface area contributed by atoms with Gasteiger partial charge >= 0.3 is 0 Å². The van der Waals surface area contributed by atoms with Crippen molar-refractivity contribution in [3.05, 3.63) is 54.6 Å². The number of rotatable bonds is 6. The third kappa shape index (κ3) is 4.63. The van der Waals surface area contributed by atoms with E-state index in [1.54, 1.807) is 29.2 Å². The maximum atomic E-state index is 12.6. The molecule has 1 fully saturated rings. The van der Waals surface area contributed by atoms with Crippen LogP contribution in [0.15, 0.2) is 54.6 Å². The molecule has 2 N–H and O–H groups in total. The maximum Gasteiger partial charge on any atom is 0.257 e. The van der Waals surface area contributed by atoms with Gasteiger partial charge in [-0.3, -0.25) is 14.4 Å². The Bertz CT molecular complexity index is 838. The van der Waals surface area contributed by atoms with Crippen molar-refractivity contribution in [1.82, 2.24) is 5.32 Å². The highest BCUT2D eigenvalue weighted by Crippen LogP contribution is 2.26. The molecular formula is C20H21N3O4. The van der Waals surface area contributed by atoms with Gasteiger partial charge in [-0.25, -0.2) is 0 Å². The fraction of sp³-hybridized carbons (Fsp3) is 0.250. The summed E-state index contributed by atoms with van der Waals surface area (Å²) in [5, 5.41) is 5.29. The molecule has 1 heterocycles.